The Hall–Kier alpha value is -0.430. The molecular formula is C15H26N2O2S2. The molecule has 0 unspecified atom stereocenters. The molecule has 0 amide bonds. The zero-order valence-electron chi connectivity index (χ0n) is 13.1. The van der Waals surface area contributed by atoms with E-state index in [9.17, 15) is 8.42 Å². The van der Waals surface area contributed by atoms with Crippen molar-refractivity contribution in [2.45, 2.75) is 63.4 Å². The van der Waals surface area contributed by atoms with E-state index in [0.717, 1.165) is 41.4 Å². The summed E-state index contributed by atoms with van der Waals surface area (Å²) < 4.78 is 28.0. The minimum absolute atomic E-state index is 0.102. The van der Waals surface area contributed by atoms with E-state index in [1.165, 1.54) is 6.42 Å². The van der Waals surface area contributed by atoms with Gasteiger partial charge in [0.2, 0.25) is 10.0 Å². The van der Waals surface area contributed by atoms with Gasteiger partial charge in [-0.3, -0.25) is 0 Å². The second kappa shape index (κ2) is 7.22. The van der Waals surface area contributed by atoms with Crippen molar-refractivity contribution in [2.75, 3.05) is 7.05 Å². The number of thiophene rings is 1. The molecule has 1 fully saturated rings. The van der Waals surface area contributed by atoms with Gasteiger partial charge in [0, 0.05) is 22.3 Å². The van der Waals surface area contributed by atoms with Crippen LogP contribution in [0.4, 0.5) is 0 Å². The minimum Gasteiger partial charge on any atom is -0.315 e. The molecule has 4 nitrogen and oxygen atoms in total. The van der Waals surface area contributed by atoms with Crippen LogP contribution in [0.1, 0.15) is 48.8 Å². The van der Waals surface area contributed by atoms with Gasteiger partial charge >= 0.3 is 0 Å². The quantitative estimate of drug-likeness (QED) is 0.843. The molecule has 0 aliphatic heterocycles. The Kier molecular flexibility index (Phi) is 5.82. The molecule has 1 aliphatic carbocycles. The molecule has 1 aliphatic rings. The van der Waals surface area contributed by atoms with E-state index >= 15 is 0 Å². The molecule has 0 spiro atoms. The van der Waals surface area contributed by atoms with Crippen molar-refractivity contribution in [3.63, 3.8) is 0 Å². The lowest BCUT2D eigenvalue weighted by molar-refractivity contribution is 0.306. The number of hydrogen-bond acceptors (Lipinski definition) is 4. The van der Waals surface area contributed by atoms with Crippen LogP contribution in [0.15, 0.2) is 11.0 Å². The zero-order valence-corrected chi connectivity index (χ0v) is 14.7. The second-order valence-electron chi connectivity index (χ2n) is 5.91. The summed E-state index contributed by atoms with van der Waals surface area (Å²) in [5.74, 6) is 0.774. The monoisotopic (exact) mass is 330 g/mol. The number of sulfonamides is 1. The highest BCUT2D eigenvalue weighted by molar-refractivity contribution is 7.89. The Labute approximate surface area is 132 Å². The molecule has 120 valence electrons. The fourth-order valence-electron chi connectivity index (χ4n) is 3.02. The maximum atomic E-state index is 12.6. The molecule has 1 heterocycles. The van der Waals surface area contributed by atoms with Crippen LogP contribution in [0.5, 0.6) is 0 Å². The molecule has 6 heteroatoms. The van der Waals surface area contributed by atoms with Crippen LogP contribution in [0.25, 0.3) is 0 Å². The van der Waals surface area contributed by atoms with Gasteiger partial charge in [0.15, 0.2) is 0 Å². The third-order valence-corrected chi connectivity index (χ3v) is 7.14. The predicted octanol–water partition coefficient (Wildman–Crippen LogP) is 3.02. The van der Waals surface area contributed by atoms with Crippen LogP contribution in [0, 0.1) is 12.8 Å². The Balaban J connectivity index is 2.05. The van der Waals surface area contributed by atoms with E-state index in [-0.39, 0.29) is 6.04 Å². The largest absolute Gasteiger partial charge is 0.315 e. The molecule has 0 radical (unpaired) electrons. The van der Waals surface area contributed by atoms with Gasteiger partial charge in [0.25, 0.3) is 0 Å². The van der Waals surface area contributed by atoms with Crippen molar-refractivity contribution in [1.82, 2.24) is 10.0 Å². The summed E-state index contributed by atoms with van der Waals surface area (Å²) >= 11 is 1.55. The average Bonchev–Trinajstić information content (AvgIpc) is 2.81. The van der Waals surface area contributed by atoms with E-state index < -0.39 is 10.0 Å². The maximum Gasteiger partial charge on any atom is 0.241 e. The van der Waals surface area contributed by atoms with Crippen molar-refractivity contribution < 1.29 is 8.42 Å². The van der Waals surface area contributed by atoms with Gasteiger partial charge in [-0.25, -0.2) is 13.1 Å². The molecule has 2 N–H and O–H groups in total. The second-order valence-corrected chi connectivity index (χ2v) is 8.93. The summed E-state index contributed by atoms with van der Waals surface area (Å²) in [5.41, 5.74) is 0. The first-order chi connectivity index (χ1) is 9.96. The van der Waals surface area contributed by atoms with Crippen LogP contribution in [0.2, 0.25) is 0 Å². The fourth-order valence-corrected chi connectivity index (χ4v) is 5.98. The van der Waals surface area contributed by atoms with Crippen molar-refractivity contribution in [2.24, 2.45) is 5.92 Å². The molecule has 0 bridgehead atoms. The maximum absolute atomic E-state index is 12.6. The first kappa shape index (κ1) is 16.9. The number of rotatable bonds is 6. The zero-order chi connectivity index (χ0) is 15.5. The summed E-state index contributed by atoms with van der Waals surface area (Å²) in [7, 11) is -1.51. The van der Waals surface area contributed by atoms with E-state index in [1.54, 1.807) is 17.4 Å². The molecule has 0 saturated heterocycles. The molecule has 0 atom stereocenters. The fraction of sp³-hybridized carbons (Fsp3) is 0.733. The average molecular weight is 331 g/mol. The van der Waals surface area contributed by atoms with Crippen LogP contribution < -0.4 is 10.0 Å². The standard InChI is InChI=1S/C15H26N2O2S2/c1-4-12-5-7-13(8-6-12)17-21(18,19)15-9-14(10-16-3)20-11(15)2/h9,12-13,16-17H,4-8,10H2,1-3H3. The summed E-state index contributed by atoms with van der Waals surface area (Å²) in [6, 6.07) is 1.90. The molecule has 1 aromatic rings. The highest BCUT2D eigenvalue weighted by Gasteiger charge is 2.26. The van der Waals surface area contributed by atoms with Crippen LogP contribution >= 0.6 is 11.3 Å². The van der Waals surface area contributed by atoms with E-state index in [0.29, 0.717) is 11.4 Å². The topological polar surface area (TPSA) is 58.2 Å². The predicted molar refractivity (Wildman–Crippen MR) is 88.2 cm³/mol. The Morgan fingerprint density at radius 3 is 2.52 bits per heavy atom. The summed E-state index contributed by atoms with van der Waals surface area (Å²) in [5, 5.41) is 3.06. The van der Waals surface area contributed by atoms with Gasteiger partial charge in [-0.05, 0) is 51.6 Å². The van der Waals surface area contributed by atoms with Gasteiger partial charge in [0.05, 0.1) is 4.90 Å². The number of nitrogens with one attached hydrogen (secondary N) is 2. The van der Waals surface area contributed by atoms with Gasteiger partial charge in [0.1, 0.15) is 0 Å². The Morgan fingerprint density at radius 2 is 1.95 bits per heavy atom. The molecule has 1 saturated carbocycles. The lowest BCUT2D eigenvalue weighted by atomic mass is 9.85. The lowest BCUT2D eigenvalue weighted by Gasteiger charge is -2.28. The van der Waals surface area contributed by atoms with Crippen LogP contribution in [0.3, 0.4) is 0 Å². The van der Waals surface area contributed by atoms with E-state index in [2.05, 4.69) is 17.0 Å². The molecule has 21 heavy (non-hydrogen) atoms. The smallest absolute Gasteiger partial charge is 0.241 e. The van der Waals surface area contributed by atoms with E-state index in [1.807, 2.05) is 14.0 Å². The van der Waals surface area contributed by atoms with Gasteiger partial charge in [-0.15, -0.1) is 11.3 Å². The highest BCUT2D eigenvalue weighted by atomic mass is 32.2. The SMILES string of the molecule is CCC1CCC(NS(=O)(=O)c2cc(CNC)sc2C)CC1. The molecule has 1 aromatic heterocycles. The van der Waals surface area contributed by atoms with Gasteiger partial charge in [-0.2, -0.15) is 0 Å². The van der Waals surface area contributed by atoms with Crippen LogP contribution in [-0.2, 0) is 16.6 Å². The molecular weight excluding hydrogens is 304 g/mol. The minimum atomic E-state index is -3.38. The normalized spacial score (nSPS) is 23.4. The molecule has 0 aromatic carbocycles. The van der Waals surface area contributed by atoms with Crippen molar-refractivity contribution in [3.05, 3.63) is 15.8 Å². The Morgan fingerprint density at radius 1 is 1.29 bits per heavy atom. The van der Waals surface area contributed by atoms with E-state index in [4.69, 9.17) is 0 Å². The van der Waals surface area contributed by atoms with Crippen molar-refractivity contribution in [3.8, 4) is 0 Å². The first-order valence-electron chi connectivity index (χ1n) is 7.72. The summed E-state index contributed by atoms with van der Waals surface area (Å²) in [4.78, 5) is 2.38. The summed E-state index contributed by atoms with van der Waals surface area (Å²) in [6.07, 6.45) is 5.40. The first-order valence-corrected chi connectivity index (χ1v) is 10.0. The number of hydrogen-bond donors (Lipinski definition) is 2. The third-order valence-electron chi connectivity index (χ3n) is 4.31. The van der Waals surface area contributed by atoms with Crippen molar-refractivity contribution in [1.29, 1.82) is 0 Å². The summed E-state index contributed by atoms with van der Waals surface area (Å²) in [6.45, 7) is 4.81. The molecule has 2 rings (SSSR count). The highest BCUT2D eigenvalue weighted by Crippen LogP contribution is 2.29. The van der Waals surface area contributed by atoms with Gasteiger partial charge in [-0.1, -0.05) is 13.3 Å². The Bertz CT molecular complexity index is 558. The van der Waals surface area contributed by atoms with Crippen LogP contribution in [-0.4, -0.2) is 21.5 Å². The lowest BCUT2D eigenvalue weighted by Crippen LogP contribution is -2.37. The third kappa shape index (κ3) is 4.28. The van der Waals surface area contributed by atoms with Gasteiger partial charge < -0.3 is 5.32 Å². The number of aryl methyl sites for hydroxylation is 1. The van der Waals surface area contributed by atoms with Crippen molar-refractivity contribution >= 4 is 21.4 Å².